The number of amidine groups is 1. The summed E-state index contributed by atoms with van der Waals surface area (Å²) in [6, 6.07) is 44.5. The zero-order chi connectivity index (χ0) is 33.9. The molecule has 0 bridgehead atoms. The second-order valence-electron chi connectivity index (χ2n) is 14.4. The van der Waals surface area contributed by atoms with Crippen molar-refractivity contribution in [3.8, 4) is 0 Å². The van der Waals surface area contributed by atoms with Crippen LogP contribution in [0.3, 0.4) is 0 Å². The third kappa shape index (κ3) is 6.43. The van der Waals surface area contributed by atoms with Crippen LogP contribution in [0.5, 0.6) is 0 Å². The van der Waals surface area contributed by atoms with Crippen LogP contribution in [0.15, 0.2) is 121 Å². The van der Waals surface area contributed by atoms with Crippen LogP contribution < -0.4 is 9.80 Å². The average molecular weight is 635 g/mol. The van der Waals surface area contributed by atoms with E-state index in [0.717, 1.165) is 30.2 Å². The van der Waals surface area contributed by atoms with E-state index in [1.807, 2.05) is 0 Å². The monoisotopic (exact) mass is 634 g/mol. The van der Waals surface area contributed by atoms with E-state index in [4.69, 9.17) is 0 Å². The molecular weight excluding hydrogens is 583 g/mol. The van der Waals surface area contributed by atoms with Gasteiger partial charge < -0.3 is 4.90 Å². The molecule has 0 saturated carbocycles. The highest BCUT2D eigenvalue weighted by Crippen LogP contribution is 2.42. The molecule has 0 atom stereocenters. The fourth-order valence-electron chi connectivity index (χ4n) is 7.31. The molecule has 0 aromatic heterocycles. The first-order valence-electron chi connectivity index (χ1n) is 17.9. The maximum absolute atomic E-state index is 2.65. The molecule has 1 aliphatic heterocycles. The standard InChI is InChI=1S/C45H52N3/c1-31(2)39-21-15-22-40(32(3)4)43(39)46-29-30-47(44-41(33(5)6)23-16-24-42(44)34(7)8)45(46)35-25-27-38(28-26-35)48(36-17-11-9-12-18-36)37-19-13-10-14-20-37/h9-28,31-34H,29-30H2,1-8H3/q+1. The van der Waals surface area contributed by atoms with E-state index in [2.05, 4.69) is 191 Å². The van der Waals surface area contributed by atoms with E-state index in [-0.39, 0.29) is 0 Å². The Morgan fingerprint density at radius 1 is 0.479 bits per heavy atom. The first-order valence-corrected chi connectivity index (χ1v) is 17.9. The van der Waals surface area contributed by atoms with Gasteiger partial charge in [-0.15, -0.1) is 0 Å². The van der Waals surface area contributed by atoms with Crippen molar-refractivity contribution in [1.29, 1.82) is 0 Å². The quantitative estimate of drug-likeness (QED) is 0.141. The van der Waals surface area contributed by atoms with Gasteiger partial charge in [0.2, 0.25) is 0 Å². The van der Waals surface area contributed by atoms with Gasteiger partial charge in [0.05, 0.1) is 5.56 Å². The summed E-state index contributed by atoms with van der Waals surface area (Å²) in [5.41, 5.74) is 13.1. The van der Waals surface area contributed by atoms with Crippen molar-refractivity contribution < 1.29 is 4.58 Å². The highest BCUT2D eigenvalue weighted by Gasteiger charge is 2.39. The van der Waals surface area contributed by atoms with E-state index in [9.17, 15) is 0 Å². The van der Waals surface area contributed by atoms with Gasteiger partial charge >= 0.3 is 0 Å². The van der Waals surface area contributed by atoms with Crippen molar-refractivity contribution in [3.63, 3.8) is 0 Å². The minimum Gasteiger partial charge on any atom is -0.311 e. The smallest absolute Gasteiger partial charge is 0.289 e. The molecular formula is C45H52N3+. The summed E-state index contributed by atoms with van der Waals surface area (Å²) in [5.74, 6) is 2.93. The summed E-state index contributed by atoms with van der Waals surface area (Å²) in [6.45, 7) is 20.5. The van der Waals surface area contributed by atoms with Gasteiger partial charge in [-0.25, -0.2) is 9.48 Å². The third-order valence-electron chi connectivity index (χ3n) is 9.70. The molecule has 5 aromatic rings. The molecule has 5 aromatic carbocycles. The highest BCUT2D eigenvalue weighted by molar-refractivity contribution is 6.09. The molecule has 0 saturated heterocycles. The lowest BCUT2D eigenvalue weighted by molar-refractivity contribution is -0.429. The first kappa shape index (κ1) is 33.3. The van der Waals surface area contributed by atoms with Crippen LogP contribution in [-0.4, -0.2) is 23.5 Å². The van der Waals surface area contributed by atoms with E-state index in [0.29, 0.717) is 23.7 Å². The first-order chi connectivity index (χ1) is 23.2. The summed E-state index contributed by atoms with van der Waals surface area (Å²) < 4.78 is 2.65. The number of benzene rings is 5. The molecule has 0 spiro atoms. The van der Waals surface area contributed by atoms with Crippen molar-refractivity contribution in [2.24, 2.45) is 0 Å². The molecule has 0 fully saturated rings. The van der Waals surface area contributed by atoms with E-state index < -0.39 is 0 Å². The van der Waals surface area contributed by atoms with Crippen LogP contribution in [0.2, 0.25) is 0 Å². The molecule has 246 valence electrons. The van der Waals surface area contributed by atoms with Crippen LogP contribution >= 0.6 is 0 Å². The second-order valence-corrected chi connectivity index (χ2v) is 14.4. The van der Waals surface area contributed by atoms with Crippen molar-refractivity contribution in [3.05, 3.63) is 149 Å². The van der Waals surface area contributed by atoms with Gasteiger partial charge in [-0.05, 0) is 72.2 Å². The Kier molecular flexibility index (Phi) is 9.87. The number of nitrogens with zero attached hydrogens (tertiary/aromatic N) is 3. The molecule has 48 heavy (non-hydrogen) atoms. The van der Waals surface area contributed by atoms with Crippen LogP contribution in [0, 0.1) is 0 Å². The molecule has 6 rings (SSSR count). The Labute approximate surface area is 289 Å². The zero-order valence-corrected chi connectivity index (χ0v) is 30.1. The topological polar surface area (TPSA) is 9.49 Å². The van der Waals surface area contributed by atoms with Crippen LogP contribution in [-0.2, 0) is 0 Å². The normalized spacial score (nSPS) is 13.5. The molecule has 0 amide bonds. The Bertz CT molecular complexity index is 1770. The number of hydrogen-bond donors (Lipinski definition) is 0. The second kappa shape index (κ2) is 14.2. The fraction of sp³-hybridized carbons (Fsp3) is 0.311. The Hall–Kier alpha value is -4.63. The van der Waals surface area contributed by atoms with Gasteiger partial charge in [0.15, 0.2) is 0 Å². The van der Waals surface area contributed by atoms with E-state index >= 15 is 0 Å². The lowest BCUT2D eigenvalue weighted by Gasteiger charge is -2.26. The van der Waals surface area contributed by atoms with Crippen LogP contribution in [0.4, 0.5) is 28.4 Å². The van der Waals surface area contributed by atoms with E-state index in [1.54, 1.807) is 0 Å². The van der Waals surface area contributed by atoms with Crippen LogP contribution in [0.25, 0.3) is 0 Å². The molecule has 0 unspecified atom stereocenters. The maximum Gasteiger partial charge on any atom is 0.289 e. The Balaban J connectivity index is 1.60. The SMILES string of the molecule is CC(C)c1cccc(C(C)C)c1N1CC[N+](c2c(C(C)C)cccc2C(C)C)=C1c1ccc(N(c2ccccc2)c2ccccc2)cc1. The Morgan fingerprint density at radius 2 is 0.896 bits per heavy atom. The largest absolute Gasteiger partial charge is 0.311 e. The van der Waals surface area contributed by atoms with Gasteiger partial charge in [0.1, 0.15) is 24.5 Å². The summed E-state index contributed by atoms with van der Waals surface area (Å²) in [7, 11) is 0. The average Bonchev–Trinajstić information content (AvgIpc) is 3.53. The molecule has 3 heteroatoms. The van der Waals surface area contributed by atoms with Gasteiger partial charge in [0, 0.05) is 39.3 Å². The summed E-state index contributed by atoms with van der Waals surface area (Å²) in [5, 5.41) is 0. The molecule has 0 N–H and O–H groups in total. The zero-order valence-electron chi connectivity index (χ0n) is 30.1. The predicted octanol–water partition coefficient (Wildman–Crippen LogP) is 12.3. The highest BCUT2D eigenvalue weighted by atomic mass is 15.3. The minimum absolute atomic E-state index is 0.413. The number of anilines is 4. The third-order valence-corrected chi connectivity index (χ3v) is 9.70. The summed E-state index contributed by atoms with van der Waals surface area (Å²) in [4.78, 5) is 4.99. The lowest BCUT2D eigenvalue weighted by atomic mass is 9.91. The van der Waals surface area contributed by atoms with Crippen molar-refractivity contribution >= 4 is 34.3 Å². The van der Waals surface area contributed by atoms with Crippen LogP contribution in [0.1, 0.15) is 107 Å². The van der Waals surface area contributed by atoms with Crippen molar-refractivity contribution in [2.75, 3.05) is 22.9 Å². The van der Waals surface area contributed by atoms with Crippen molar-refractivity contribution in [1.82, 2.24) is 0 Å². The molecule has 1 aliphatic rings. The van der Waals surface area contributed by atoms with E-state index in [1.165, 1.54) is 45.0 Å². The van der Waals surface area contributed by atoms with Gasteiger partial charge in [-0.3, -0.25) is 0 Å². The summed E-state index contributed by atoms with van der Waals surface area (Å²) in [6.07, 6.45) is 0. The lowest BCUT2D eigenvalue weighted by Crippen LogP contribution is -2.32. The molecule has 1 heterocycles. The van der Waals surface area contributed by atoms with Crippen molar-refractivity contribution in [2.45, 2.75) is 79.1 Å². The number of hydrogen-bond acceptors (Lipinski definition) is 2. The summed E-state index contributed by atoms with van der Waals surface area (Å²) >= 11 is 0. The maximum atomic E-state index is 2.65. The fourth-order valence-corrected chi connectivity index (χ4v) is 7.31. The van der Waals surface area contributed by atoms with Gasteiger partial charge in [-0.2, -0.15) is 0 Å². The number of para-hydroxylation sites is 4. The van der Waals surface area contributed by atoms with Gasteiger partial charge in [0.25, 0.3) is 5.84 Å². The Morgan fingerprint density at radius 3 is 1.33 bits per heavy atom. The van der Waals surface area contributed by atoms with Gasteiger partial charge in [-0.1, -0.05) is 128 Å². The minimum atomic E-state index is 0.413. The predicted molar refractivity (Wildman–Crippen MR) is 207 cm³/mol. The molecule has 0 aliphatic carbocycles. The molecule has 3 nitrogen and oxygen atoms in total. The number of rotatable bonds is 10. The molecule has 0 radical (unpaired) electrons.